The number of imidazole rings is 1. The Hall–Kier alpha value is -3.60. The monoisotopic (exact) mass is 427 g/mol. The predicted molar refractivity (Wildman–Crippen MR) is 128 cm³/mol. The molecule has 0 aliphatic carbocycles. The standard InChI is InChI=1S/C27H29N3O2/c1-19-10-8-14-25(21(19)3)32-18-17-30-24-13-7-6-12-23(24)29-26(30)15-16-28-27(31)22-11-5-4-9-20(22)2/h4-14H,15-18H2,1-3H3,(H,28,31). The second-order valence-electron chi connectivity index (χ2n) is 8.04. The van der Waals surface area contributed by atoms with Gasteiger partial charge in [-0.3, -0.25) is 4.79 Å². The molecule has 164 valence electrons. The highest BCUT2D eigenvalue weighted by Gasteiger charge is 2.13. The molecular formula is C27H29N3O2. The summed E-state index contributed by atoms with van der Waals surface area (Å²) < 4.78 is 8.29. The minimum absolute atomic E-state index is 0.0518. The van der Waals surface area contributed by atoms with Crippen LogP contribution < -0.4 is 10.1 Å². The molecule has 0 bridgehead atoms. The third kappa shape index (κ3) is 4.67. The van der Waals surface area contributed by atoms with Gasteiger partial charge in [0, 0.05) is 18.5 Å². The quantitative estimate of drug-likeness (QED) is 0.430. The van der Waals surface area contributed by atoms with Crippen molar-refractivity contribution >= 4 is 16.9 Å². The molecule has 0 radical (unpaired) electrons. The van der Waals surface area contributed by atoms with Gasteiger partial charge in [-0.1, -0.05) is 42.5 Å². The van der Waals surface area contributed by atoms with Crippen molar-refractivity contribution in [2.75, 3.05) is 13.2 Å². The molecule has 3 aromatic carbocycles. The van der Waals surface area contributed by atoms with E-state index in [0.29, 0.717) is 31.7 Å². The smallest absolute Gasteiger partial charge is 0.251 e. The van der Waals surface area contributed by atoms with Crippen LogP contribution in [0.25, 0.3) is 11.0 Å². The Bertz CT molecular complexity index is 1240. The van der Waals surface area contributed by atoms with E-state index in [1.54, 1.807) is 0 Å². The normalized spacial score (nSPS) is 11.0. The number of para-hydroxylation sites is 2. The number of aryl methyl sites for hydroxylation is 2. The molecule has 0 aliphatic rings. The van der Waals surface area contributed by atoms with Gasteiger partial charge in [-0.05, 0) is 61.7 Å². The Morgan fingerprint density at radius 2 is 1.69 bits per heavy atom. The molecule has 1 N–H and O–H groups in total. The van der Waals surface area contributed by atoms with Gasteiger partial charge in [0.25, 0.3) is 5.91 Å². The summed E-state index contributed by atoms with van der Waals surface area (Å²) in [6.45, 7) is 7.88. The summed E-state index contributed by atoms with van der Waals surface area (Å²) in [5.74, 6) is 1.81. The molecule has 0 unspecified atom stereocenters. The lowest BCUT2D eigenvalue weighted by molar-refractivity contribution is 0.0953. The van der Waals surface area contributed by atoms with E-state index in [1.807, 2.05) is 61.5 Å². The maximum atomic E-state index is 12.5. The minimum Gasteiger partial charge on any atom is -0.491 e. The number of hydrogen-bond donors (Lipinski definition) is 1. The zero-order chi connectivity index (χ0) is 22.5. The Morgan fingerprint density at radius 1 is 0.938 bits per heavy atom. The predicted octanol–water partition coefficient (Wildman–Crippen LogP) is 5.01. The topological polar surface area (TPSA) is 56.2 Å². The number of ether oxygens (including phenoxy) is 1. The largest absolute Gasteiger partial charge is 0.491 e. The molecule has 0 fully saturated rings. The summed E-state index contributed by atoms with van der Waals surface area (Å²) in [7, 11) is 0. The van der Waals surface area contributed by atoms with E-state index in [0.717, 1.165) is 28.2 Å². The molecule has 0 atom stereocenters. The highest BCUT2D eigenvalue weighted by atomic mass is 16.5. The number of aromatic nitrogens is 2. The third-order valence-electron chi connectivity index (χ3n) is 5.88. The van der Waals surface area contributed by atoms with E-state index in [9.17, 15) is 4.79 Å². The summed E-state index contributed by atoms with van der Waals surface area (Å²) in [5.41, 5.74) is 6.11. The van der Waals surface area contributed by atoms with Crippen LogP contribution in [0, 0.1) is 20.8 Å². The van der Waals surface area contributed by atoms with Crippen molar-refractivity contribution in [1.29, 1.82) is 0 Å². The van der Waals surface area contributed by atoms with Gasteiger partial charge < -0.3 is 14.6 Å². The van der Waals surface area contributed by atoms with Gasteiger partial charge in [-0.2, -0.15) is 0 Å². The van der Waals surface area contributed by atoms with Gasteiger partial charge >= 0.3 is 0 Å². The second-order valence-corrected chi connectivity index (χ2v) is 8.04. The Balaban J connectivity index is 1.45. The average Bonchev–Trinajstić information content (AvgIpc) is 3.14. The number of benzene rings is 3. The first-order valence-corrected chi connectivity index (χ1v) is 11.0. The van der Waals surface area contributed by atoms with Crippen LogP contribution in [0.2, 0.25) is 0 Å². The van der Waals surface area contributed by atoms with Gasteiger partial charge in [0.2, 0.25) is 0 Å². The molecule has 1 heterocycles. The molecule has 0 aliphatic heterocycles. The van der Waals surface area contributed by atoms with Crippen molar-refractivity contribution in [3.8, 4) is 5.75 Å². The van der Waals surface area contributed by atoms with Crippen LogP contribution in [-0.4, -0.2) is 28.6 Å². The van der Waals surface area contributed by atoms with Gasteiger partial charge in [0.05, 0.1) is 17.6 Å². The van der Waals surface area contributed by atoms with Crippen molar-refractivity contribution in [2.24, 2.45) is 0 Å². The zero-order valence-corrected chi connectivity index (χ0v) is 18.9. The molecule has 0 spiro atoms. The summed E-state index contributed by atoms with van der Waals surface area (Å²) in [6, 6.07) is 21.9. The van der Waals surface area contributed by atoms with Crippen LogP contribution >= 0.6 is 0 Å². The van der Waals surface area contributed by atoms with Gasteiger partial charge in [-0.25, -0.2) is 4.98 Å². The highest BCUT2D eigenvalue weighted by Crippen LogP contribution is 2.21. The fourth-order valence-corrected chi connectivity index (χ4v) is 3.90. The lowest BCUT2D eigenvalue weighted by Crippen LogP contribution is -2.27. The number of nitrogens with one attached hydrogen (secondary N) is 1. The van der Waals surface area contributed by atoms with Crippen LogP contribution in [0.4, 0.5) is 0 Å². The van der Waals surface area contributed by atoms with Crippen molar-refractivity contribution in [2.45, 2.75) is 33.7 Å². The molecule has 5 heteroatoms. The lowest BCUT2D eigenvalue weighted by Gasteiger charge is -2.13. The third-order valence-corrected chi connectivity index (χ3v) is 5.88. The molecule has 32 heavy (non-hydrogen) atoms. The average molecular weight is 428 g/mol. The molecule has 1 amide bonds. The SMILES string of the molecule is Cc1ccccc1C(=O)NCCc1nc2ccccc2n1CCOc1cccc(C)c1C. The summed E-state index contributed by atoms with van der Waals surface area (Å²) in [4.78, 5) is 17.4. The number of nitrogens with zero attached hydrogens (tertiary/aromatic N) is 2. The van der Waals surface area contributed by atoms with Crippen LogP contribution in [0.5, 0.6) is 5.75 Å². The Morgan fingerprint density at radius 3 is 2.53 bits per heavy atom. The number of fused-ring (bicyclic) bond motifs is 1. The van der Waals surface area contributed by atoms with Crippen LogP contribution in [0.1, 0.15) is 32.9 Å². The molecule has 5 nitrogen and oxygen atoms in total. The number of rotatable bonds is 8. The van der Waals surface area contributed by atoms with Crippen molar-refractivity contribution in [3.63, 3.8) is 0 Å². The molecule has 0 saturated heterocycles. The Kier molecular flexibility index (Phi) is 6.55. The lowest BCUT2D eigenvalue weighted by atomic mass is 10.1. The number of amides is 1. The minimum atomic E-state index is -0.0518. The van der Waals surface area contributed by atoms with Crippen LogP contribution in [0.3, 0.4) is 0 Å². The van der Waals surface area contributed by atoms with E-state index in [1.165, 1.54) is 11.1 Å². The van der Waals surface area contributed by atoms with Crippen LogP contribution in [-0.2, 0) is 13.0 Å². The molecular weight excluding hydrogens is 398 g/mol. The first-order valence-electron chi connectivity index (χ1n) is 11.0. The zero-order valence-electron chi connectivity index (χ0n) is 18.9. The summed E-state index contributed by atoms with van der Waals surface area (Å²) in [5, 5.41) is 3.03. The van der Waals surface area contributed by atoms with E-state index in [-0.39, 0.29) is 5.91 Å². The van der Waals surface area contributed by atoms with E-state index in [4.69, 9.17) is 9.72 Å². The molecule has 1 aromatic heterocycles. The first-order chi connectivity index (χ1) is 15.5. The van der Waals surface area contributed by atoms with Crippen molar-refractivity contribution in [3.05, 3.63) is 94.8 Å². The van der Waals surface area contributed by atoms with Gasteiger partial charge in [-0.15, -0.1) is 0 Å². The van der Waals surface area contributed by atoms with E-state index < -0.39 is 0 Å². The maximum absolute atomic E-state index is 12.5. The summed E-state index contributed by atoms with van der Waals surface area (Å²) in [6.07, 6.45) is 0.649. The number of hydrogen-bond acceptors (Lipinski definition) is 3. The molecule has 4 rings (SSSR count). The van der Waals surface area contributed by atoms with Crippen molar-refractivity contribution in [1.82, 2.24) is 14.9 Å². The van der Waals surface area contributed by atoms with E-state index >= 15 is 0 Å². The van der Waals surface area contributed by atoms with Gasteiger partial charge in [0.15, 0.2) is 0 Å². The molecule has 4 aromatic rings. The van der Waals surface area contributed by atoms with Crippen LogP contribution in [0.15, 0.2) is 66.7 Å². The summed E-state index contributed by atoms with van der Waals surface area (Å²) >= 11 is 0. The maximum Gasteiger partial charge on any atom is 0.251 e. The number of carbonyl (C=O) groups is 1. The van der Waals surface area contributed by atoms with Gasteiger partial charge in [0.1, 0.15) is 18.2 Å². The fourth-order valence-electron chi connectivity index (χ4n) is 3.90. The van der Waals surface area contributed by atoms with Crippen molar-refractivity contribution < 1.29 is 9.53 Å². The fraction of sp³-hybridized carbons (Fsp3) is 0.259. The Labute approximate surface area is 189 Å². The second kappa shape index (κ2) is 9.69. The van der Waals surface area contributed by atoms with E-state index in [2.05, 4.69) is 35.9 Å². The molecule has 0 saturated carbocycles. The highest BCUT2D eigenvalue weighted by molar-refractivity contribution is 5.95. The number of carbonyl (C=O) groups excluding carboxylic acids is 1. The first kappa shape index (κ1) is 21.6.